The molecule has 1 unspecified atom stereocenters. The number of halogens is 1. The highest BCUT2D eigenvalue weighted by Gasteiger charge is 2.25. The quantitative estimate of drug-likeness (QED) is 0.206. The molecule has 2 aromatic carbocycles. The maximum absolute atomic E-state index is 13.4. The summed E-state index contributed by atoms with van der Waals surface area (Å²) < 4.78 is 35.4. The van der Waals surface area contributed by atoms with Crippen molar-refractivity contribution in [2.24, 2.45) is 5.73 Å². The number of carbonyl (C=O) groups is 2. The summed E-state index contributed by atoms with van der Waals surface area (Å²) in [5.74, 6) is 0.210. The van der Waals surface area contributed by atoms with Gasteiger partial charge in [-0.3, -0.25) is 9.59 Å². The fraction of sp³-hybridized carbons (Fsp3) is 0.548. The van der Waals surface area contributed by atoms with Crippen molar-refractivity contribution in [2.75, 3.05) is 30.5 Å². The van der Waals surface area contributed by atoms with Crippen LogP contribution in [-0.2, 0) is 20.0 Å². The summed E-state index contributed by atoms with van der Waals surface area (Å²) >= 11 is 6.60. The number of unbranched alkanes of at least 4 members (excludes halogenated alkanes) is 1. The highest BCUT2D eigenvalue weighted by Crippen LogP contribution is 2.40. The molecule has 0 heterocycles. The van der Waals surface area contributed by atoms with Gasteiger partial charge in [0.15, 0.2) is 0 Å². The Morgan fingerprint density at radius 1 is 1.02 bits per heavy atom. The number of anilines is 1. The van der Waals surface area contributed by atoms with Crippen LogP contribution in [-0.4, -0.2) is 45.5 Å². The molecule has 0 aliphatic carbocycles. The van der Waals surface area contributed by atoms with Crippen LogP contribution >= 0.6 is 11.6 Å². The Balaban J connectivity index is 2.28. The number of rotatable bonds is 16. The Bertz CT molecular complexity index is 1300. The second kappa shape index (κ2) is 15.4. The van der Waals surface area contributed by atoms with E-state index in [0.29, 0.717) is 40.6 Å². The molecular weight excluding hydrogens is 564 g/mol. The first-order chi connectivity index (χ1) is 19.2. The number of benzene rings is 2. The van der Waals surface area contributed by atoms with E-state index < -0.39 is 15.7 Å². The zero-order chi connectivity index (χ0) is 30.8. The topological polar surface area (TPSA) is 125 Å². The summed E-state index contributed by atoms with van der Waals surface area (Å²) in [7, 11) is -1.54. The van der Waals surface area contributed by atoms with E-state index in [0.717, 1.165) is 30.4 Å². The highest BCUT2D eigenvalue weighted by atomic mass is 35.5. The number of hydrogen-bond donors (Lipinski definition) is 2. The molecule has 0 bridgehead atoms. The maximum Gasteiger partial charge on any atom is 0.248 e. The van der Waals surface area contributed by atoms with Crippen molar-refractivity contribution in [3.8, 4) is 11.5 Å². The molecule has 10 heteroatoms. The SMILES string of the molecule is CCCCC(CC(=O)Nc1cc(C(N)=O)ccc1C(C)(C)C)c1cc(Cl)c(OCCCS(=O)(=O)CCC)cc1OC. The minimum absolute atomic E-state index is 0.0567. The van der Waals surface area contributed by atoms with Crippen molar-refractivity contribution in [3.05, 3.63) is 52.0 Å². The molecule has 0 radical (unpaired) electrons. The zero-order valence-corrected chi connectivity index (χ0v) is 26.7. The van der Waals surface area contributed by atoms with Crippen LogP contribution in [0.3, 0.4) is 0 Å². The van der Waals surface area contributed by atoms with Crippen molar-refractivity contribution in [1.29, 1.82) is 0 Å². The second-order valence-electron chi connectivity index (χ2n) is 11.3. The normalized spacial score (nSPS) is 12.6. The van der Waals surface area contributed by atoms with E-state index >= 15 is 0 Å². The number of amides is 2. The van der Waals surface area contributed by atoms with Crippen LogP contribution in [0.1, 0.15) is 101 Å². The molecule has 2 rings (SSSR count). The Kier molecular flexibility index (Phi) is 13.0. The van der Waals surface area contributed by atoms with E-state index in [2.05, 4.69) is 12.2 Å². The van der Waals surface area contributed by atoms with Gasteiger partial charge in [-0.15, -0.1) is 0 Å². The molecule has 2 aromatic rings. The molecule has 8 nitrogen and oxygen atoms in total. The molecule has 0 saturated carbocycles. The average Bonchev–Trinajstić information content (AvgIpc) is 2.88. The van der Waals surface area contributed by atoms with Gasteiger partial charge in [-0.2, -0.15) is 0 Å². The first kappa shape index (κ1) is 34.4. The summed E-state index contributed by atoms with van der Waals surface area (Å²) in [4.78, 5) is 25.2. The summed E-state index contributed by atoms with van der Waals surface area (Å²) in [6, 6.07) is 8.59. The lowest BCUT2D eigenvalue weighted by Gasteiger charge is -2.25. The van der Waals surface area contributed by atoms with E-state index in [4.69, 9.17) is 26.8 Å². The van der Waals surface area contributed by atoms with Gasteiger partial charge in [0, 0.05) is 29.5 Å². The number of primary amides is 1. The lowest BCUT2D eigenvalue weighted by atomic mass is 9.84. The smallest absolute Gasteiger partial charge is 0.248 e. The van der Waals surface area contributed by atoms with Crippen LogP contribution in [0, 0.1) is 0 Å². The van der Waals surface area contributed by atoms with Crippen LogP contribution in [0.25, 0.3) is 0 Å². The van der Waals surface area contributed by atoms with E-state index in [1.807, 2.05) is 33.8 Å². The first-order valence-corrected chi connectivity index (χ1v) is 16.4. The lowest BCUT2D eigenvalue weighted by Crippen LogP contribution is -2.22. The lowest BCUT2D eigenvalue weighted by molar-refractivity contribution is -0.116. The molecule has 228 valence electrons. The third-order valence-electron chi connectivity index (χ3n) is 6.82. The molecule has 0 spiro atoms. The molecule has 2 amide bonds. The van der Waals surface area contributed by atoms with Crippen molar-refractivity contribution >= 4 is 38.9 Å². The van der Waals surface area contributed by atoms with Crippen LogP contribution < -0.4 is 20.5 Å². The molecule has 0 fully saturated rings. The molecule has 0 aliphatic heterocycles. The molecule has 0 saturated heterocycles. The van der Waals surface area contributed by atoms with Crippen molar-refractivity contribution in [3.63, 3.8) is 0 Å². The molecule has 1 atom stereocenters. The highest BCUT2D eigenvalue weighted by molar-refractivity contribution is 7.91. The van der Waals surface area contributed by atoms with Gasteiger partial charge in [0.05, 0.1) is 24.5 Å². The van der Waals surface area contributed by atoms with Gasteiger partial charge in [-0.1, -0.05) is 65.1 Å². The molecule has 0 aliphatic rings. The van der Waals surface area contributed by atoms with Gasteiger partial charge >= 0.3 is 0 Å². The number of hydrogen-bond acceptors (Lipinski definition) is 6. The molecule has 41 heavy (non-hydrogen) atoms. The summed E-state index contributed by atoms with van der Waals surface area (Å²) in [5, 5.41) is 3.38. The minimum atomic E-state index is -3.09. The number of carbonyl (C=O) groups excluding carboxylic acids is 2. The van der Waals surface area contributed by atoms with Gasteiger partial charge in [-0.05, 0) is 59.9 Å². The predicted octanol–water partition coefficient (Wildman–Crippen LogP) is 6.64. The van der Waals surface area contributed by atoms with Crippen LogP contribution in [0.4, 0.5) is 5.69 Å². The van der Waals surface area contributed by atoms with Crippen LogP contribution in [0.15, 0.2) is 30.3 Å². The Morgan fingerprint density at radius 2 is 1.73 bits per heavy atom. The van der Waals surface area contributed by atoms with Crippen molar-refractivity contribution in [1.82, 2.24) is 0 Å². The minimum Gasteiger partial charge on any atom is -0.496 e. The second-order valence-corrected chi connectivity index (χ2v) is 14.1. The third-order valence-corrected chi connectivity index (χ3v) is 9.06. The van der Waals surface area contributed by atoms with Gasteiger partial charge in [0.25, 0.3) is 0 Å². The summed E-state index contributed by atoms with van der Waals surface area (Å²) in [5.41, 5.74) is 7.79. The first-order valence-electron chi connectivity index (χ1n) is 14.2. The summed E-state index contributed by atoms with van der Waals surface area (Å²) in [6.45, 7) is 10.2. The fourth-order valence-corrected chi connectivity index (χ4v) is 6.34. The molecular formula is C31H45ClN2O6S. The predicted molar refractivity (Wildman–Crippen MR) is 166 cm³/mol. The number of nitrogens with one attached hydrogen (secondary N) is 1. The largest absolute Gasteiger partial charge is 0.496 e. The number of nitrogens with two attached hydrogens (primary N) is 1. The van der Waals surface area contributed by atoms with Crippen LogP contribution in [0.2, 0.25) is 5.02 Å². The standard InChI is InChI=1S/C31H45ClN2O6S/c1-7-9-11-21(18-29(35)34-26-17-22(30(33)36)12-13-24(26)31(3,4)5)23-19-25(32)28(20-27(23)39-6)40-14-10-16-41(37,38)15-8-2/h12-13,17,19-21H,7-11,14-16,18H2,1-6H3,(H2,33,36)(H,34,35). The number of ether oxygens (including phenoxy) is 2. The van der Waals surface area contributed by atoms with E-state index in [1.54, 1.807) is 31.4 Å². The van der Waals surface area contributed by atoms with Crippen molar-refractivity contribution < 1.29 is 27.5 Å². The molecule has 3 N–H and O–H groups in total. The average molecular weight is 609 g/mol. The number of methoxy groups -OCH3 is 1. The van der Waals surface area contributed by atoms with Gasteiger partial charge in [0.2, 0.25) is 11.8 Å². The Morgan fingerprint density at radius 3 is 2.32 bits per heavy atom. The Hall–Kier alpha value is -2.78. The Labute approximate surface area is 250 Å². The fourth-order valence-electron chi connectivity index (χ4n) is 4.73. The van der Waals surface area contributed by atoms with Gasteiger partial charge in [0.1, 0.15) is 21.3 Å². The van der Waals surface area contributed by atoms with E-state index in [-0.39, 0.29) is 41.8 Å². The third kappa shape index (κ3) is 10.5. The monoisotopic (exact) mass is 608 g/mol. The zero-order valence-electron chi connectivity index (χ0n) is 25.1. The maximum atomic E-state index is 13.4. The van der Waals surface area contributed by atoms with Gasteiger partial charge < -0.3 is 20.5 Å². The number of sulfone groups is 1. The molecule has 0 aromatic heterocycles. The van der Waals surface area contributed by atoms with Gasteiger partial charge in [-0.25, -0.2) is 8.42 Å². The summed E-state index contributed by atoms with van der Waals surface area (Å²) in [6.07, 6.45) is 3.70. The van der Waals surface area contributed by atoms with Crippen molar-refractivity contribution in [2.45, 2.75) is 84.5 Å². The van der Waals surface area contributed by atoms with Crippen LogP contribution in [0.5, 0.6) is 11.5 Å². The van der Waals surface area contributed by atoms with E-state index in [1.165, 1.54) is 0 Å². The van der Waals surface area contributed by atoms with E-state index in [9.17, 15) is 18.0 Å².